The zero-order chi connectivity index (χ0) is 13.9. The third-order valence-corrected chi connectivity index (χ3v) is 4.12. The fourth-order valence-corrected chi connectivity index (χ4v) is 3.09. The molecule has 0 unspecified atom stereocenters. The SMILES string of the molecule is CNCc1cc(Cl)ccc1N1CCc2ccccc2C1. The van der Waals surface area contributed by atoms with E-state index in [1.165, 1.54) is 22.4 Å². The number of nitrogens with one attached hydrogen (secondary N) is 1. The number of rotatable bonds is 3. The van der Waals surface area contributed by atoms with Gasteiger partial charge in [0.05, 0.1) is 0 Å². The first-order valence-corrected chi connectivity index (χ1v) is 7.40. The molecule has 0 atom stereocenters. The van der Waals surface area contributed by atoms with Crippen molar-refractivity contribution in [1.29, 1.82) is 0 Å². The highest BCUT2D eigenvalue weighted by molar-refractivity contribution is 6.30. The van der Waals surface area contributed by atoms with Crippen LogP contribution in [0.2, 0.25) is 5.02 Å². The summed E-state index contributed by atoms with van der Waals surface area (Å²) in [6.45, 7) is 2.89. The first kappa shape index (κ1) is 13.5. The minimum atomic E-state index is 0.802. The van der Waals surface area contributed by atoms with Gasteiger partial charge in [0.1, 0.15) is 0 Å². The molecule has 0 saturated heterocycles. The molecule has 1 aliphatic heterocycles. The van der Waals surface area contributed by atoms with Crippen LogP contribution in [0, 0.1) is 0 Å². The van der Waals surface area contributed by atoms with Crippen molar-refractivity contribution >= 4 is 17.3 Å². The van der Waals surface area contributed by atoms with Gasteiger partial charge in [-0.15, -0.1) is 0 Å². The number of hydrogen-bond donors (Lipinski definition) is 1. The van der Waals surface area contributed by atoms with Gasteiger partial charge in [0.15, 0.2) is 0 Å². The maximum absolute atomic E-state index is 6.13. The van der Waals surface area contributed by atoms with Crippen LogP contribution in [-0.2, 0) is 19.5 Å². The Morgan fingerprint density at radius 3 is 2.75 bits per heavy atom. The molecule has 20 heavy (non-hydrogen) atoms. The maximum Gasteiger partial charge on any atom is 0.0432 e. The highest BCUT2D eigenvalue weighted by atomic mass is 35.5. The van der Waals surface area contributed by atoms with E-state index in [0.717, 1.165) is 31.1 Å². The van der Waals surface area contributed by atoms with Crippen LogP contribution in [0.1, 0.15) is 16.7 Å². The smallest absolute Gasteiger partial charge is 0.0432 e. The molecule has 0 saturated carbocycles. The van der Waals surface area contributed by atoms with E-state index in [1.807, 2.05) is 13.1 Å². The van der Waals surface area contributed by atoms with Crippen LogP contribution >= 0.6 is 11.6 Å². The van der Waals surface area contributed by atoms with Crippen molar-refractivity contribution in [3.63, 3.8) is 0 Å². The summed E-state index contributed by atoms with van der Waals surface area (Å²) in [7, 11) is 1.97. The molecule has 3 heteroatoms. The Morgan fingerprint density at radius 1 is 1.15 bits per heavy atom. The van der Waals surface area contributed by atoms with Gasteiger partial charge in [0, 0.05) is 30.3 Å². The van der Waals surface area contributed by atoms with E-state index >= 15 is 0 Å². The van der Waals surface area contributed by atoms with E-state index in [1.54, 1.807) is 0 Å². The fourth-order valence-electron chi connectivity index (χ4n) is 2.90. The largest absolute Gasteiger partial charge is 0.367 e. The van der Waals surface area contributed by atoms with Gasteiger partial charge < -0.3 is 10.2 Å². The minimum absolute atomic E-state index is 0.802. The number of fused-ring (bicyclic) bond motifs is 1. The summed E-state index contributed by atoms with van der Waals surface area (Å²) in [5.74, 6) is 0. The van der Waals surface area contributed by atoms with Gasteiger partial charge in [-0.1, -0.05) is 35.9 Å². The molecule has 1 heterocycles. The predicted octanol–water partition coefficient (Wildman–Crippen LogP) is 3.62. The highest BCUT2D eigenvalue weighted by Crippen LogP contribution is 2.29. The van der Waals surface area contributed by atoms with Gasteiger partial charge in [-0.2, -0.15) is 0 Å². The fraction of sp³-hybridized carbons (Fsp3) is 0.294. The normalized spacial score (nSPS) is 14.2. The number of nitrogens with zero attached hydrogens (tertiary/aromatic N) is 1. The molecule has 0 amide bonds. The summed E-state index contributed by atoms with van der Waals surface area (Å²) in [6, 6.07) is 14.9. The summed E-state index contributed by atoms with van der Waals surface area (Å²) in [5.41, 5.74) is 5.47. The van der Waals surface area contributed by atoms with Crippen LogP contribution in [-0.4, -0.2) is 13.6 Å². The topological polar surface area (TPSA) is 15.3 Å². The molecule has 0 fully saturated rings. The molecule has 0 radical (unpaired) electrons. The van der Waals surface area contributed by atoms with Crippen molar-refractivity contribution in [3.05, 3.63) is 64.2 Å². The third kappa shape index (κ3) is 2.67. The van der Waals surface area contributed by atoms with E-state index < -0.39 is 0 Å². The second-order valence-corrected chi connectivity index (χ2v) is 5.68. The lowest BCUT2D eigenvalue weighted by atomic mass is 9.98. The molecule has 0 bridgehead atoms. The average molecular weight is 287 g/mol. The van der Waals surface area contributed by atoms with E-state index in [-0.39, 0.29) is 0 Å². The molecule has 1 N–H and O–H groups in total. The zero-order valence-corrected chi connectivity index (χ0v) is 12.5. The van der Waals surface area contributed by atoms with Crippen molar-refractivity contribution in [2.45, 2.75) is 19.5 Å². The molecular formula is C17H19ClN2. The number of hydrogen-bond acceptors (Lipinski definition) is 2. The van der Waals surface area contributed by atoms with E-state index in [0.29, 0.717) is 0 Å². The molecule has 2 aromatic rings. The van der Waals surface area contributed by atoms with Gasteiger partial charge in [-0.05, 0) is 48.4 Å². The average Bonchev–Trinajstić information content (AvgIpc) is 2.47. The van der Waals surface area contributed by atoms with Crippen molar-refractivity contribution in [2.75, 3.05) is 18.5 Å². The Hall–Kier alpha value is -1.51. The molecule has 3 rings (SSSR count). The highest BCUT2D eigenvalue weighted by Gasteiger charge is 2.18. The van der Waals surface area contributed by atoms with Crippen LogP contribution in [0.25, 0.3) is 0 Å². The quantitative estimate of drug-likeness (QED) is 0.927. The van der Waals surface area contributed by atoms with Gasteiger partial charge >= 0.3 is 0 Å². The van der Waals surface area contributed by atoms with Crippen LogP contribution in [0.3, 0.4) is 0 Å². The lowest BCUT2D eigenvalue weighted by molar-refractivity contribution is 0.720. The Morgan fingerprint density at radius 2 is 1.95 bits per heavy atom. The van der Waals surface area contributed by atoms with E-state index in [2.05, 4.69) is 46.6 Å². The van der Waals surface area contributed by atoms with Gasteiger partial charge in [-0.3, -0.25) is 0 Å². The summed E-state index contributed by atoms with van der Waals surface area (Å²) in [6.07, 6.45) is 1.11. The maximum atomic E-state index is 6.13. The molecule has 0 aliphatic carbocycles. The Kier molecular flexibility index (Phi) is 3.95. The molecule has 2 aromatic carbocycles. The van der Waals surface area contributed by atoms with Crippen molar-refractivity contribution < 1.29 is 0 Å². The lowest BCUT2D eigenvalue weighted by Gasteiger charge is -2.32. The Labute approximate surface area is 125 Å². The standard InChI is InChI=1S/C17H19ClN2/c1-19-11-15-10-16(18)6-7-17(15)20-9-8-13-4-2-3-5-14(13)12-20/h2-7,10,19H,8-9,11-12H2,1H3. The van der Waals surface area contributed by atoms with E-state index in [4.69, 9.17) is 11.6 Å². The molecule has 0 spiro atoms. The second-order valence-electron chi connectivity index (χ2n) is 5.24. The van der Waals surface area contributed by atoms with Crippen LogP contribution in [0.4, 0.5) is 5.69 Å². The molecule has 1 aliphatic rings. The first-order chi connectivity index (χ1) is 9.78. The summed E-state index contributed by atoms with van der Waals surface area (Å²) >= 11 is 6.13. The first-order valence-electron chi connectivity index (χ1n) is 7.02. The van der Waals surface area contributed by atoms with Gasteiger partial charge in [0.25, 0.3) is 0 Å². The number of halogens is 1. The second kappa shape index (κ2) is 5.86. The Bertz CT molecular complexity index is 610. The summed E-state index contributed by atoms with van der Waals surface area (Å²) in [4.78, 5) is 2.45. The monoisotopic (exact) mass is 286 g/mol. The summed E-state index contributed by atoms with van der Waals surface area (Å²) < 4.78 is 0. The van der Waals surface area contributed by atoms with Crippen molar-refractivity contribution in [1.82, 2.24) is 5.32 Å². The zero-order valence-electron chi connectivity index (χ0n) is 11.7. The summed E-state index contributed by atoms with van der Waals surface area (Å²) in [5, 5.41) is 4.03. The third-order valence-electron chi connectivity index (χ3n) is 3.88. The molecule has 104 valence electrons. The van der Waals surface area contributed by atoms with E-state index in [9.17, 15) is 0 Å². The van der Waals surface area contributed by atoms with Gasteiger partial charge in [0.2, 0.25) is 0 Å². The van der Waals surface area contributed by atoms with Crippen molar-refractivity contribution in [3.8, 4) is 0 Å². The molecular weight excluding hydrogens is 268 g/mol. The van der Waals surface area contributed by atoms with Crippen LogP contribution < -0.4 is 10.2 Å². The van der Waals surface area contributed by atoms with Crippen LogP contribution in [0.15, 0.2) is 42.5 Å². The minimum Gasteiger partial charge on any atom is -0.367 e. The number of benzene rings is 2. The van der Waals surface area contributed by atoms with Gasteiger partial charge in [-0.25, -0.2) is 0 Å². The van der Waals surface area contributed by atoms with Crippen LogP contribution in [0.5, 0.6) is 0 Å². The number of anilines is 1. The molecule has 2 nitrogen and oxygen atoms in total. The lowest BCUT2D eigenvalue weighted by Crippen LogP contribution is -2.31. The van der Waals surface area contributed by atoms with Crippen molar-refractivity contribution in [2.24, 2.45) is 0 Å². The Balaban J connectivity index is 1.91. The predicted molar refractivity (Wildman–Crippen MR) is 85.4 cm³/mol. The molecule has 0 aromatic heterocycles.